The predicted molar refractivity (Wildman–Crippen MR) is 55.9 cm³/mol. The number of rotatable bonds is 2. The van der Waals surface area contributed by atoms with Crippen molar-refractivity contribution in [2.45, 2.75) is 0 Å². The topological polar surface area (TPSA) is 76.0 Å². The van der Waals surface area contributed by atoms with E-state index < -0.39 is 11.9 Å². The third kappa shape index (κ3) is 1.67. The molecule has 0 saturated heterocycles. The lowest BCUT2D eigenvalue weighted by molar-refractivity contribution is -0.134. The van der Waals surface area contributed by atoms with Gasteiger partial charge in [-0.1, -0.05) is 12.2 Å². The van der Waals surface area contributed by atoms with E-state index in [0.717, 1.165) is 0 Å². The normalized spacial score (nSPS) is 22.9. The number of dihydropyridines is 1. The van der Waals surface area contributed by atoms with Gasteiger partial charge in [0.05, 0.1) is 12.8 Å². The molecule has 5 nitrogen and oxygen atoms in total. The molecule has 1 amide bonds. The van der Waals surface area contributed by atoms with Crippen LogP contribution in [0.25, 0.3) is 0 Å². The lowest BCUT2D eigenvalue weighted by Crippen LogP contribution is -2.23. The summed E-state index contributed by atoms with van der Waals surface area (Å²) in [5.41, 5.74) is 0.224. The highest BCUT2D eigenvalue weighted by atomic mass is 16.5. The van der Waals surface area contributed by atoms with Crippen LogP contribution in [0.5, 0.6) is 0 Å². The van der Waals surface area contributed by atoms with Gasteiger partial charge in [-0.15, -0.1) is 0 Å². The Hall–Kier alpha value is -2.17. The average molecular weight is 219 g/mol. The summed E-state index contributed by atoms with van der Waals surface area (Å²) in [5.74, 6) is -1.64. The van der Waals surface area contributed by atoms with Gasteiger partial charge in [0.25, 0.3) is 5.91 Å². The highest BCUT2D eigenvalue weighted by Gasteiger charge is 2.27. The molecule has 0 aromatic heterocycles. The molecule has 0 fully saturated rings. The van der Waals surface area contributed by atoms with Crippen LogP contribution >= 0.6 is 0 Å². The fourth-order valence-corrected chi connectivity index (χ4v) is 1.55. The minimum Gasteiger partial charge on any atom is -0.497 e. The van der Waals surface area contributed by atoms with Gasteiger partial charge in [0.2, 0.25) is 0 Å². The Balaban J connectivity index is 2.36. The zero-order chi connectivity index (χ0) is 11.7. The van der Waals surface area contributed by atoms with Crippen molar-refractivity contribution < 1.29 is 19.4 Å². The highest BCUT2D eigenvalue weighted by Crippen LogP contribution is 2.22. The van der Waals surface area contributed by atoms with E-state index in [2.05, 4.69) is 4.99 Å². The number of carbonyl (C=O) groups is 2. The summed E-state index contributed by atoms with van der Waals surface area (Å²) < 4.78 is 4.99. The van der Waals surface area contributed by atoms with E-state index in [1.165, 1.54) is 13.2 Å². The second-order valence-electron chi connectivity index (χ2n) is 3.36. The molecule has 5 heteroatoms. The highest BCUT2D eigenvalue weighted by molar-refractivity contribution is 6.23. The van der Waals surface area contributed by atoms with Crippen LogP contribution in [0.4, 0.5) is 0 Å². The summed E-state index contributed by atoms with van der Waals surface area (Å²) in [5, 5.41) is 8.77. The number of carboxylic acid groups (broad SMARTS) is 1. The molecule has 1 aliphatic heterocycles. The minimum atomic E-state index is -1.25. The molecular formula is C11H9NO4. The molecule has 1 atom stereocenters. The van der Waals surface area contributed by atoms with Crippen molar-refractivity contribution in [2.75, 3.05) is 7.11 Å². The summed E-state index contributed by atoms with van der Waals surface area (Å²) in [6.45, 7) is 0. The number of amides is 1. The number of hydrogen-bond acceptors (Lipinski definition) is 3. The van der Waals surface area contributed by atoms with Gasteiger partial charge in [0.15, 0.2) is 0 Å². The van der Waals surface area contributed by atoms with Crippen molar-refractivity contribution in [1.29, 1.82) is 0 Å². The third-order valence-corrected chi connectivity index (χ3v) is 2.37. The van der Waals surface area contributed by atoms with Crippen molar-refractivity contribution in [3.63, 3.8) is 0 Å². The van der Waals surface area contributed by atoms with E-state index in [9.17, 15) is 9.59 Å². The van der Waals surface area contributed by atoms with Crippen molar-refractivity contribution >= 4 is 17.6 Å². The van der Waals surface area contributed by atoms with E-state index >= 15 is 0 Å². The molecular weight excluding hydrogens is 210 g/mol. The molecule has 16 heavy (non-hydrogen) atoms. The Labute approximate surface area is 91.4 Å². The fourth-order valence-electron chi connectivity index (χ4n) is 1.55. The quantitative estimate of drug-likeness (QED) is 0.693. The Bertz CT molecular complexity index is 482. The smallest absolute Gasteiger partial charge is 0.341 e. The first-order valence-electron chi connectivity index (χ1n) is 4.63. The van der Waals surface area contributed by atoms with Crippen molar-refractivity contribution in [2.24, 2.45) is 10.9 Å². The van der Waals surface area contributed by atoms with E-state index in [1.807, 2.05) is 0 Å². The number of carboxylic acids is 1. The first-order valence-corrected chi connectivity index (χ1v) is 4.63. The third-order valence-electron chi connectivity index (χ3n) is 2.37. The van der Waals surface area contributed by atoms with E-state index in [4.69, 9.17) is 9.84 Å². The van der Waals surface area contributed by atoms with Crippen molar-refractivity contribution in [3.05, 3.63) is 35.6 Å². The number of hydrogen-bond donors (Lipinski definition) is 1. The average Bonchev–Trinajstić information content (AvgIpc) is 2.27. The molecule has 0 bridgehead atoms. The first-order chi connectivity index (χ1) is 7.61. The summed E-state index contributed by atoms with van der Waals surface area (Å²) in [6, 6.07) is 0. The Morgan fingerprint density at radius 2 is 2.31 bits per heavy atom. The minimum absolute atomic E-state index is 0.261. The maximum Gasteiger partial charge on any atom is 0.341 e. The molecule has 0 aromatic rings. The number of carbonyl (C=O) groups excluding carboxylic acids is 1. The van der Waals surface area contributed by atoms with Gasteiger partial charge in [0.1, 0.15) is 11.3 Å². The molecule has 0 saturated carbocycles. The van der Waals surface area contributed by atoms with Gasteiger partial charge >= 0.3 is 5.97 Å². The summed E-state index contributed by atoms with van der Waals surface area (Å²) in [6.07, 6.45) is 6.48. The summed E-state index contributed by atoms with van der Waals surface area (Å²) in [4.78, 5) is 25.8. The molecule has 1 heterocycles. The van der Waals surface area contributed by atoms with Crippen molar-refractivity contribution in [3.8, 4) is 0 Å². The zero-order valence-electron chi connectivity index (χ0n) is 8.51. The molecule has 0 aromatic carbocycles. The number of fused-ring (bicyclic) bond motifs is 1. The molecule has 2 rings (SSSR count). The first kappa shape index (κ1) is 10.4. The number of methoxy groups -OCH3 is 1. The SMILES string of the molecule is COC1=CC2=NC(=O)C(C(=O)O)=CC2C=C1. The van der Waals surface area contributed by atoms with Crippen LogP contribution in [-0.4, -0.2) is 29.8 Å². The number of aliphatic imine (C=N–C) groups is 1. The molecule has 0 radical (unpaired) electrons. The summed E-state index contributed by atoms with van der Waals surface area (Å²) >= 11 is 0. The van der Waals surface area contributed by atoms with Crippen LogP contribution in [0.3, 0.4) is 0 Å². The Morgan fingerprint density at radius 3 is 2.94 bits per heavy atom. The fraction of sp³-hybridized carbons (Fsp3) is 0.182. The number of nitrogens with zero attached hydrogens (tertiary/aromatic N) is 1. The summed E-state index contributed by atoms with van der Waals surface area (Å²) in [7, 11) is 1.51. The zero-order valence-corrected chi connectivity index (χ0v) is 8.51. The number of aliphatic carboxylic acids is 1. The molecule has 2 aliphatic rings. The maximum absolute atomic E-state index is 11.4. The molecule has 82 valence electrons. The second-order valence-corrected chi connectivity index (χ2v) is 3.36. The van der Waals surface area contributed by atoms with Crippen LogP contribution in [0.2, 0.25) is 0 Å². The molecule has 1 unspecified atom stereocenters. The van der Waals surface area contributed by atoms with Gasteiger partial charge < -0.3 is 9.84 Å². The molecule has 1 N–H and O–H groups in total. The maximum atomic E-state index is 11.4. The number of allylic oxidation sites excluding steroid dienone is 4. The monoisotopic (exact) mass is 219 g/mol. The van der Waals surface area contributed by atoms with Gasteiger partial charge in [0, 0.05) is 12.0 Å². The Morgan fingerprint density at radius 1 is 1.56 bits per heavy atom. The molecule has 0 spiro atoms. The van der Waals surface area contributed by atoms with Gasteiger partial charge in [-0.25, -0.2) is 9.79 Å². The van der Waals surface area contributed by atoms with Crippen LogP contribution < -0.4 is 0 Å². The standard InChI is InChI=1S/C11H9NO4/c1-16-7-3-2-6-4-8(11(14)15)10(13)12-9(6)5-7/h2-6H,1H3,(H,14,15). The van der Waals surface area contributed by atoms with Gasteiger partial charge in [-0.3, -0.25) is 4.79 Å². The lowest BCUT2D eigenvalue weighted by atomic mass is 9.92. The van der Waals surface area contributed by atoms with E-state index in [0.29, 0.717) is 11.5 Å². The van der Waals surface area contributed by atoms with Crippen LogP contribution in [0, 0.1) is 5.92 Å². The van der Waals surface area contributed by atoms with Crippen molar-refractivity contribution in [1.82, 2.24) is 0 Å². The van der Waals surface area contributed by atoms with Crippen LogP contribution in [0.1, 0.15) is 0 Å². The lowest BCUT2D eigenvalue weighted by Gasteiger charge is -2.18. The van der Waals surface area contributed by atoms with E-state index in [-0.39, 0.29) is 11.5 Å². The second kappa shape index (κ2) is 3.77. The van der Waals surface area contributed by atoms with Crippen LogP contribution in [-0.2, 0) is 14.3 Å². The van der Waals surface area contributed by atoms with Gasteiger partial charge in [-0.05, 0) is 6.08 Å². The predicted octanol–water partition coefficient (Wildman–Crippen LogP) is 0.695. The van der Waals surface area contributed by atoms with Gasteiger partial charge in [-0.2, -0.15) is 0 Å². The number of ether oxygens (including phenoxy) is 1. The Kier molecular flexibility index (Phi) is 2.44. The molecule has 1 aliphatic carbocycles. The van der Waals surface area contributed by atoms with Crippen LogP contribution in [0.15, 0.2) is 40.6 Å². The largest absolute Gasteiger partial charge is 0.497 e. The van der Waals surface area contributed by atoms with E-state index in [1.54, 1.807) is 18.2 Å².